The molecule has 0 aliphatic carbocycles. The third-order valence-electron chi connectivity index (χ3n) is 3.00. The van der Waals surface area contributed by atoms with Crippen molar-refractivity contribution in [2.45, 2.75) is 26.9 Å². The number of carbonyl (C=O) groups excluding carboxylic acids is 1. The molecule has 1 amide bonds. The maximum atomic E-state index is 13.4. The summed E-state index contributed by atoms with van der Waals surface area (Å²) < 4.78 is 40.1. The number of aromatic nitrogens is 2. The number of nitrogens with zero attached hydrogens (tertiary/aromatic N) is 2. The molecule has 24 heavy (non-hydrogen) atoms. The van der Waals surface area contributed by atoms with Gasteiger partial charge in [-0.25, -0.2) is 9.97 Å². The minimum atomic E-state index is -4.58. The van der Waals surface area contributed by atoms with Crippen LogP contribution in [0.2, 0.25) is 0 Å². The Morgan fingerprint density at radius 1 is 1.33 bits per heavy atom. The van der Waals surface area contributed by atoms with E-state index in [-0.39, 0.29) is 27.5 Å². The molecule has 0 aromatic carbocycles. The van der Waals surface area contributed by atoms with Gasteiger partial charge in [-0.1, -0.05) is 20.8 Å². The first-order valence-electron chi connectivity index (χ1n) is 7.04. The molecular formula is C15H17F3N4OS. The van der Waals surface area contributed by atoms with Crippen LogP contribution in [-0.2, 0) is 6.18 Å². The number of nitrogens with one attached hydrogen (secondary N) is 1. The second-order valence-corrected chi connectivity index (χ2v) is 7.29. The average molecular weight is 358 g/mol. The molecule has 5 nitrogen and oxygen atoms in total. The molecule has 0 atom stereocenters. The van der Waals surface area contributed by atoms with Gasteiger partial charge in [0.15, 0.2) is 5.01 Å². The highest BCUT2D eigenvalue weighted by atomic mass is 32.1. The van der Waals surface area contributed by atoms with Crippen LogP contribution >= 0.6 is 11.3 Å². The van der Waals surface area contributed by atoms with Crippen LogP contribution in [0.15, 0.2) is 17.6 Å². The smallest absolute Gasteiger partial charge is 0.370 e. The number of primary amides is 1. The standard InChI is InChI=1S/C15H17F3N4OS/c1-14(2,3)7-21-11-4-9(15(16,17)18)8(5-20-11)10-6-24-13(22-10)12(19)23/h4-6H,7H2,1-3H3,(H2,19,23)(H,20,21). The Kier molecular flexibility index (Phi) is 4.84. The zero-order valence-corrected chi connectivity index (χ0v) is 14.2. The summed E-state index contributed by atoms with van der Waals surface area (Å²) >= 11 is 0.893. The molecule has 9 heteroatoms. The molecule has 2 aromatic heterocycles. The highest BCUT2D eigenvalue weighted by molar-refractivity contribution is 7.12. The molecule has 0 bridgehead atoms. The van der Waals surface area contributed by atoms with Gasteiger partial charge < -0.3 is 11.1 Å². The highest BCUT2D eigenvalue weighted by Gasteiger charge is 2.35. The van der Waals surface area contributed by atoms with Gasteiger partial charge in [0, 0.05) is 23.7 Å². The summed E-state index contributed by atoms with van der Waals surface area (Å²) in [6, 6.07) is 0.949. The van der Waals surface area contributed by atoms with E-state index in [0.29, 0.717) is 6.54 Å². The normalized spacial score (nSPS) is 12.2. The lowest BCUT2D eigenvalue weighted by molar-refractivity contribution is -0.137. The summed E-state index contributed by atoms with van der Waals surface area (Å²) in [5, 5.41) is 4.20. The van der Waals surface area contributed by atoms with E-state index in [1.807, 2.05) is 20.8 Å². The molecule has 130 valence electrons. The van der Waals surface area contributed by atoms with Crippen molar-refractivity contribution in [1.82, 2.24) is 9.97 Å². The molecule has 0 aliphatic heterocycles. The van der Waals surface area contributed by atoms with Crippen LogP contribution in [0.25, 0.3) is 11.3 Å². The highest BCUT2D eigenvalue weighted by Crippen LogP contribution is 2.38. The molecule has 0 fully saturated rings. The van der Waals surface area contributed by atoms with E-state index in [4.69, 9.17) is 5.73 Å². The maximum absolute atomic E-state index is 13.4. The Balaban J connectivity index is 2.42. The minimum Gasteiger partial charge on any atom is -0.370 e. The van der Waals surface area contributed by atoms with Gasteiger partial charge in [0.05, 0.1) is 11.3 Å². The fourth-order valence-electron chi connectivity index (χ4n) is 1.86. The fraction of sp³-hybridized carbons (Fsp3) is 0.400. The van der Waals surface area contributed by atoms with Crippen LogP contribution < -0.4 is 11.1 Å². The van der Waals surface area contributed by atoms with Gasteiger partial charge in [0.25, 0.3) is 5.91 Å². The number of thiazole rings is 1. The number of hydrogen-bond donors (Lipinski definition) is 2. The fourth-order valence-corrected chi connectivity index (χ4v) is 2.53. The number of rotatable bonds is 4. The summed E-state index contributed by atoms with van der Waals surface area (Å²) in [5.74, 6) is -0.650. The van der Waals surface area contributed by atoms with E-state index in [1.165, 1.54) is 5.38 Å². The third kappa shape index (κ3) is 4.44. The number of anilines is 1. The predicted molar refractivity (Wildman–Crippen MR) is 86.8 cm³/mol. The first-order chi connectivity index (χ1) is 11.0. The van der Waals surface area contributed by atoms with E-state index in [0.717, 1.165) is 23.6 Å². The number of pyridine rings is 1. The third-order valence-corrected chi connectivity index (χ3v) is 3.86. The van der Waals surface area contributed by atoms with Crippen LogP contribution in [-0.4, -0.2) is 22.4 Å². The molecular weight excluding hydrogens is 341 g/mol. The molecule has 2 aromatic rings. The lowest BCUT2D eigenvalue weighted by atomic mass is 9.97. The van der Waals surface area contributed by atoms with Gasteiger partial charge in [0.1, 0.15) is 5.82 Å². The van der Waals surface area contributed by atoms with Gasteiger partial charge >= 0.3 is 6.18 Å². The van der Waals surface area contributed by atoms with Crippen molar-refractivity contribution in [1.29, 1.82) is 0 Å². The van der Waals surface area contributed by atoms with Crippen molar-refractivity contribution in [3.05, 3.63) is 28.2 Å². The van der Waals surface area contributed by atoms with Crippen LogP contribution in [0.3, 0.4) is 0 Å². The van der Waals surface area contributed by atoms with Crippen LogP contribution in [0.5, 0.6) is 0 Å². The Labute approximate surface area is 141 Å². The zero-order valence-electron chi connectivity index (χ0n) is 13.4. The molecule has 2 rings (SSSR count). The number of carbonyl (C=O) groups is 1. The van der Waals surface area contributed by atoms with E-state index in [1.54, 1.807) is 0 Å². The predicted octanol–water partition coefficient (Wildman–Crippen LogP) is 3.78. The van der Waals surface area contributed by atoms with Gasteiger partial charge in [-0.2, -0.15) is 13.2 Å². The summed E-state index contributed by atoms with van der Waals surface area (Å²) in [6.07, 6.45) is -3.47. The lowest BCUT2D eigenvalue weighted by Gasteiger charge is -2.20. The average Bonchev–Trinajstić information content (AvgIpc) is 2.93. The topological polar surface area (TPSA) is 80.9 Å². The van der Waals surface area contributed by atoms with E-state index >= 15 is 0 Å². The Morgan fingerprint density at radius 2 is 2.00 bits per heavy atom. The molecule has 2 heterocycles. The van der Waals surface area contributed by atoms with Crippen molar-refractivity contribution in [2.75, 3.05) is 11.9 Å². The largest absolute Gasteiger partial charge is 0.417 e. The zero-order chi connectivity index (χ0) is 18.1. The number of alkyl halides is 3. The minimum absolute atomic E-state index is 0.0241. The molecule has 0 aliphatic rings. The summed E-state index contributed by atoms with van der Waals surface area (Å²) in [4.78, 5) is 19.0. The first-order valence-corrected chi connectivity index (χ1v) is 7.92. The summed E-state index contributed by atoms with van der Waals surface area (Å²) in [6.45, 7) is 6.35. The van der Waals surface area contributed by atoms with Crippen molar-refractivity contribution in [2.24, 2.45) is 11.1 Å². The van der Waals surface area contributed by atoms with Crippen LogP contribution in [0, 0.1) is 5.41 Å². The molecule has 3 N–H and O–H groups in total. The van der Waals surface area contributed by atoms with E-state index < -0.39 is 17.6 Å². The Morgan fingerprint density at radius 3 is 2.50 bits per heavy atom. The number of halogens is 3. The second kappa shape index (κ2) is 6.39. The maximum Gasteiger partial charge on any atom is 0.417 e. The van der Waals surface area contributed by atoms with E-state index in [9.17, 15) is 18.0 Å². The van der Waals surface area contributed by atoms with E-state index in [2.05, 4.69) is 15.3 Å². The summed E-state index contributed by atoms with van der Waals surface area (Å²) in [7, 11) is 0. The van der Waals surface area contributed by atoms with Gasteiger partial charge in [-0.3, -0.25) is 4.79 Å². The van der Waals surface area contributed by atoms with Crippen molar-refractivity contribution in [3.63, 3.8) is 0 Å². The van der Waals surface area contributed by atoms with Gasteiger partial charge in [-0.15, -0.1) is 11.3 Å². The Hall–Kier alpha value is -2.16. The Bertz CT molecular complexity index is 750. The van der Waals surface area contributed by atoms with Gasteiger partial charge in [0.2, 0.25) is 0 Å². The van der Waals surface area contributed by atoms with Crippen LogP contribution in [0.4, 0.5) is 19.0 Å². The van der Waals surface area contributed by atoms with Crippen molar-refractivity contribution in [3.8, 4) is 11.3 Å². The monoisotopic (exact) mass is 358 g/mol. The summed E-state index contributed by atoms with van der Waals surface area (Å²) in [5.41, 5.74) is 3.96. The number of nitrogens with two attached hydrogens (primary N) is 1. The van der Waals surface area contributed by atoms with Crippen molar-refractivity contribution < 1.29 is 18.0 Å². The molecule has 0 saturated heterocycles. The number of amides is 1. The number of hydrogen-bond acceptors (Lipinski definition) is 5. The molecule has 0 saturated carbocycles. The van der Waals surface area contributed by atoms with Crippen molar-refractivity contribution >= 4 is 23.1 Å². The molecule has 0 unspecified atom stereocenters. The quantitative estimate of drug-likeness (QED) is 0.871. The molecule has 0 spiro atoms. The van der Waals surface area contributed by atoms with Crippen LogP contribution in [0.1, 0.15) is 36.1 Å². The SMILES string of the molecule is CC(C)(C)CNc1cc(C(F)(F)F)c(-c2csc(C(N)=O)n2)cn1. The second-order valence-electron chi connectivity index (χ2n) is 6.43. The lowest BCUT2D eigenvalue weighted by Crippen LogP contribution is -2.20. The molecule has 0 radical (unpaired) electrons. The first kappa shape index (κ1) is 18.2. The van der Waals surface area contributed by atoms with Gasteiger partial charge in [-0.05, 0) is 11.5 Å².